The number of rotatable bonds is 2. The van der Waals surface area contributed by atoms with Crippen LogP contribution in [-0.2, 0) is 0 Å². The topological polar surface area (TPSA) is 59.3 Å². The first-order chi connectivity index (χ1) is 6.86. The molecule has 5 heteroatoms. The van der Waals surface area contributed by atoms with Crippen LogP contribution in [0.25, 0.3) is 0 Å². The Balaban J connectivity index is 3.64. The molecule has 0 atom stereocenters. The molecule has 0 saturated carbocycles. The lowest BCUT2D eigenvalue weighted by molar-refractivity contribution is 0.0694. The molecular formula is C10H12BrNO3. The fourth-order valence-electron chi connectivity index (χ4n) is 1.47. The minimum atomic E-state index is -1.20. The van der Waals surface area contributed by atoms with Crippen LogP contribution in [0.1, 0.15) is 35.9 Å². The predicted octanol–water partition coefficient (Wildman–Crippen LogP) is 2.20. The summed E-state index contributed by atoms with van der Waals surface area (Å²) >= 11 is 3.24. The van der Waals surface area contributed by atoms with E-state index >= 15 is 0 Å². The monoisotopic (exact) mass is 273 g/mol. The van der Waals surface area contributed by atoms with Gasteiger partial charge < -0.3 is 9.67 Å². The van der Waals surface area contributed by atoms with Crippen molar-refractivity contribution in [1.82, 2.24) is 4.57 Å². The van der Waals surface area contributed by atoms with Gasteiger partial charge in [-0.05, 0) is 42.8 Å². The van der Waals surface area contributed by atoms with E-state index in [0.717, 1.165) is 5.69 Å². The Labute approximate surface area is 95.7 Å². The van der Waals surface area contributed by atoms with Crippen LogP contribution in [0.5, 0.6) is 0 Å². The third-order valence-corrected chi connectivity index (χ3v) is 2.98. The van der Waals surface area contributed by atoms with Crippen molar-refractivity contribution in [2.45, 2.75) is 26.8 Å². The fraction of sp³-hybridized carbons (Fsp3) is 0.400. The molecule has 0 radical (unpaired) electrons. The van der Waals surface area contributed by atoms with Gasteiger partial charge in [-0.2, -0.15) is 0 Å². The van der Waals surface area contributed by atoms with Gasteiger partial charge in [0, 0.05) is 16.2 Å². The molecule has 0 aromatic carbocycles. The van der Waals surface area contributed by atoms with E-state index in [1.54, 1.807) is 6.92 Å². The number of carboxylic acids is 1. The maximum atomic E-state index is 11.8. The van der Waals surface area contributed by atoms with Crippen LogP contribution in [0, 0.1) is 6.92 Å². The molecule has 15 heavy (non-hydrogen) atoms. The molecule has 1 N–H and O–H groups in total. The summed E-state index contributed by atoms with van der Waals surface area (Å²) in [6, 6.07) is 1.28. The van der Waals surface area contributed by atoms with Gasteiger partial charge >= 0.3 is 5.97 Å². The highest BCUT2D eigenvalue weighted by Crippen LogP contribution is 2.18. The molecule has 0 unspecified atom stereocenters. The first-order valence-electron chi connectivity index (χ1n) is 4.51. The van der Waals surface area contributed by atoms with E-state index < -0.39 is 11.5 Å². The number of aromatic carboxylic acids is 1. The van der Waals surface area contributed by atoms with Gasteiger partial charge in [-0.1, -0.05) is 0 Å². The van der Waals surface area contributed by atoms with Crippen LogP contribution in [0.4, 0.5) is 0 Å². The molecule has 0 aliphatic heterocycles. The van der Waals surface area contributed by atoms with Gasteiger partial charge in [0.15, 0.2) is 0 Å². The molecule has 0 aliphatic carbocycles. The molecule has 82 valence electrons. The maximum absolute atomic E-state index is 11.8. The smallest absolute Gasteiger partial charge is 0.341 e. The van der Waals surface area contributed by atoms with Gasteiger partial charge in [-0.25, -0.2) is 4.79 Å². The molecule has 1 heterocycles. The Bertz CT molecular complexity index is 462. The summed E-state index contributed by atoms with van der Waals surface area (Å²) < 4.78 is 2.10. The Hall–Kier alpha value is -1.10. The van der Waals surface area contributed by atoms with Gasteiger partial charge in [-0.15, -0.1) is 0 Å². The minimum Gasteiger partial charge on any atom is -0.477 e. The zero-order valence-electron chi connectivity index (χ0n) is 8.74. The van der Waals surface area contributed by atoms with Crippen molar-refractivity contribution in [3.63, 3.8) is 0 Å². The quantitative estimate of drug-likeness (QED) is 0.899. The first-order valence-corrected chi connectivity index (χ1v) is 5.30. The Morgan fingerprint density at radius 1 is 1.53 bits per heavy atom. The SMILES string of the molecule is Cc1c(Br)cc(C(=O)O)c(=O)n1C(C)C. The van der Waals surface area contributed by atoms with Crippen molar-refractivity contribution in [2.75, 3.05) is 0 Å². The number of nitrogens with zero attached hydrogens (tertiary/aromatic N) is 1. The summed E-state index contributed by atoms with van der Waals surface area (Å²) in [7, 11) is 0. The second-order valence-corrected chi connectivity index (χ2v) is 4.42. The standard InChI is InChI=1S/C10H12BrNO3/c1-5(2)12-6(3)8(11)4-7(9(12)13)10(14)15/h4-5H,1-3H3,(H,14,15). The lowest BCUT2D eigenvalue weighted by Gasteiger charge is -2.15. The van der Waals surface area contributed by atoms with Crippen molar-refractivity contribution < 1.29 is 9.90 Å². The van der Waals surface area contributed by atoms with Crippen molar-refractivity contribution in [2.24, 2.45) is 0 Å². The fourth-order valence-corrected chi connectivity index (χ4v) is 1.89. The second-order valence-electron chi connectivity index (χ2n) is 3.57. The third-order valence-electron chi connectivity index (χ3n) is 2.17. The molecule has 0 spiro atoms. The summed E-state index contributed by atoms with van der Waals surface area (Å²) in [5.74, 6) is -1.20. The van der Waals surface area contributed by atoms with E-state index in [9.17, 15) is 9.59 Å². The summed E-state index contributed by atoms with van der Waals surface area (Å²) in [6.07, 6.45) is 0. The van der Waals surface area contributed by atoms with Crippen LogP contribution >= 0.6 is 15.9 Å². The molecule has 0 aliphatic rings. The highest BCUT2D eigenvalue weighted by atomic mass is 79.9. The molecule has 1 aromatic heterocycles. The summed E-state index contributed by atoms with van der Waals surface area (Å²) in [4.78, 5) is 22.6. The lowest BCUT2D eigenvalue weighted by atomic mass is 10.2. The molecule has 1 rings (SSSR count). The molecule has 0 fully saturated rings. The Morgan fingerprint density at radius 3 is 2.47 bits per heavy atom. The van der Waals surface area contributed by atoms with Gasteiger partial charge in [0.1, 0.15) is 5.56 Å². The molecule has 0 saturated heterocycles. The van der Waals surface area contributed by atoms with E-state index in [4.69, 9.17) is 5.11 Å². The lowest BCUT2D eigenvalue weighted by Crippen LogP contribution is -2.29. The van der Waals surface area contributed by atoms with E-state index in [2.05, 4.69) is 15.9 Å². The number of hydrogen-bond donors (Lipinski definition) is 1. The van der Waals surface area contributed by atoms with E-state index in [0.29, 0.717) is 4.47 Å². The van der Waals surface area contributed by atoms with Gasteiger partial charge in [0.25, 0.3) is 5.56 Å². The minimum absolute atomic E-state index is 0.0619. The first kappa shape index (κ1) is 12.0. The number of aromatic nitrogens is 1. The molecule has 0 amide bonds. The highest BCUT2D eigenvalue weighted by molar-refractivity contribution is 9.10. The zero-order valence-corrected chi connectivity index (χ0v) is 10.3. The van der Waals surface area contributed by atoms with E-state index in [1.165, 1.54) is 10.6 Å². The van der Waals surface area contributed by atoms with Gasteiger partial charge in [0.2, 0.25) is 0 Å². The summed E-state index contributed by atoms with van der Waals surface area (Å²) in [6.45, 7) is 5.45. The second kappa shape index (κ2) is 4.18. The normalized spacial score (nSPS) is 10.7. The van der Waals surface area contributed by atoms with Gasteiger partial charge in [0.05, 0.1) is 0 Å². The van der Waals surface area contributed by atoms with Crippen molar-refractivity contribution >= 4 is 21.9 Å². The number of halogens is 1. The maximum Gasteiger partial charge on any atom is 0.341 e. The average Bonchev–Trinajstić information content (AvgIpc) is 2.10. The van der Waals surface area contributed by atoms with Crippen LogP contribution in [-0.4, -0.2) is 15.6 Å². The molecule has 1 aromatic rings. The van der Waals surface area contributed by atoms with E-state index in [-0.39, 0.29) is 11.6 Å². The average molecular weight is 274 g/mol. The number of hydrogen-bond acceptors (Lipinski definition) is 2. The number of carbonyl (C=O) groups is 1. The Kier molecular flexibility index (Phi) is 3.34. The van der Waals surface area contributed by atoms with Crippen LogP contribution in [0.2, 0.25) is 0 Å². The van der Waals surface area contributed by atoms with Crippen molar-refractivity contribution in [3.05, 3.63) is 32.2 Å². The Morgan fingerprint density at radius 2 is 2.07 bits per heavy atom. The van der Waals surface area contributed by atoms with Gasteiger partial charge in [-0.3, -0.25) is 4.79 Å². The molecule has 0 bridgehead atoms. The van der Waals surface area contributed by atoms with Crippen LogP contribution < -0.4 is 5.56 Å². The van der Waals surface area contributed by atoms with Crippen molar-refractivity contribution in [3.8, 4) is 0 Å². The third kappa shape index (κ3) is 2.12. The number of carboxylic acid groups (broad SMARTS) is 1. The summed E-state index contributed by atoms with van der Waals surface area (Å²) in [5.41, 5.74) is 0.0689. The van der Waals surface area contributed by atoms with E-state index in [1.807, 2.05) is 13.8 Å². The highest BCUT2D eigenvalue weighted by Gasteiger charge is 2.16. The molecule has 4 nitrogen and oxygen atoms in total. The zero-order chi connectivity index (χ0) is 11.7. The largest absolute Gasteiger partial charge is 0.477 e. The molecular weight excluding hydrogens is 262 g/mol. The van der Waals surface area contributed by atoms with Crippen LogP contribution in [0.3, 0.4) is 0 Å². The summed E-state index contributed by atoms with van der Waals surface area (Å²) in [5, 5.41) is 8.85. The number of pyridine rings is 1. The predicted molar refractivity (Wildman–Crippen MR) is 60.5 cm³/mol. The van der Waals surface area contributed by atoms with Crippen LogP contribution in [0.15, 0.2) is 15.3 Å². The van der Waals surface area contributed by atoms with Crippen molar-refractivity contribution in [1.29, 1.82) is 0 Å².